The minimum absolute atomic E-state index is 0.0410. The summed E-state index contributed by atoms with van der Waals surface area (Å²) in [7, 11) is 0. The first-order valence-corrected chi connectivity index (χ1v) is 6.16. The summed E-state index contributed by atoms with van der Waals surface area (Å²) in [6.45, 7) is 0. The maximum atomic E-state index is 13.5. The molecule has 21 heavy (non-hydrogen) atoms. The van der Waals surface area contributed by atoms with Gasteiger partial charge >= 0.3 is 0 Å². The van der Waals surface area contributed by atoms with Crippen LogP contribution in [0.4, 0.5) is 23.2 Å². The fraction of sp³-hybridized carbons (Fsp3) is 0. The SMILES string of the molecule is O=C(Nc1ccc(Cl)cc1Cl)c1cc(F)c(F)c(F)c1F. The summed E-state index contributed by atoms with van der Waals surface area (Å²) in [5.41, 5.74) is -0.937. The lowest BCUT2D eigenvalue weighted by molar-refractivity contribution is 0.102. The molecule has 0 unspecified atom stereocenters. The molecule has 110 valence electrons. The van der Waals surface area contributed by atoms with E-state index in [0.717, 1.165) is 0 Å². The number of carbonyl (C=O) groups excluding carboxylic acids is 1. The van der Waals surface area contributed by atoms with E-state index in [9.17, 15) is 22.4 Å². The molecular weight excluding hydrogens is 333 g/mol. The number of carbonyl (C=O) groups is 1. The Morgan fingerprint density at radius 1 is 0.952 bits per heavy atom. The van der Waals surface area contributed by atoms with E-state index >= 15 is 0 Å². The van der Waals surface area contributed by atoms with Crippen molar-refractivity contribution < 1.29 is 22.4 Å². The van der Waals surface area contributed by atoms with Gasteiger partial charge in [-0.15, -0.1) is 0 Å². The van der Waals surface area contributed by atoms with Crippen LogP contribution in [0.5, 0.6) is 0 Å². The quantitative estimate of drug-likeness (QED) is 0.476. The molecule has 0 aliphatic rings. The Morgan fingerprint density at radius 3 is 2.24 bits per heavy atom. The van der Waals surface area contributed by atoms with Gasteiger partial charge in [-0.1, -0.05) is 23.2 Å². The van der Waals surface area contributed by atoms with Gasteiger partial charge in [-0.3, -0.25) is 4.79 Å². The predicted octanol–water partition coefficient (Wildman–Crippen LogP) is 4.80. The lowest BCUT2D eigenvalue weighted by Crippen LogP contribution is -2.16. The molecule has 1 amide bonds. The molecule has 0 aliphatic heterocycles. The second-order valence-electron chi connectivity index (χ2n) is 3.93. The topological polar surface area (TPSA) is 29.1 Å². The van der Waals surface area contributed by atoms with Crippen LogP contribution in [-0.2, 0) is 0 Å². The molecule has 0 fully saturated rings. The Kier molecular flexibility index (Phi) is 4.39. The highest BCUT2D eigenvalue weighted by molar-refractivity contribution is 6.36. The zero-order valence-corrected chi connectivity index (χ0v) is 11.5. The van der Waals surface area contributed by atoms with Crippen molar-refractivity contribution in [3.05, 3.63) is 63.1 Å². The number of benzene rings is 2. The maximum absolute atomic E-state index is 13.5. The minimum atomic E-state index is -2.07. The second-order valence-corrected chi connectivity index (χ2v) is 4.77. The van der Waals surface area contributed by atoms with Crippen molar-refractivity contribution in [2.45, 2.75) is 0 Å². The van der Waals surface area contributed by atoms with Crippen LogP contribution in [0, 0.1) is 23.3 Å². The van der Waals surface area contributed by atoms with Gasteiger partial charge < -0.3 is 5.32 Å². The lowest BCUT2D eigenvalue weighted by Gasteiger charge is -2.09. The van der Waals surface area contributed by atoms with E-state index in [1.807, 2.05) is 0 Å². The summed E-state index contributed by atoms with van der Waals surface area (Å²) in [4.78, 5) is 11.8. The van der Waals surface area contributed by atoms with Crippen LogP contribution in [0.3, 0.4) is 0 Å². The first-order chi connectivity index (χ1) is 9.81. The molecule has 0 spiro atoms. The van der Waals surface area contributed by atoms with Crippen LogP contribution in [0.2, 0.25) is 10.0 Å². The molecule has 0 bridgehead atoms. The maximum Gasteiger partial charge on any atom is 0.258 e. The second kappa shape index (κ2) is 5.91. The number of hydrogen-bond donors (Lipinski definition) is 1. The van der Waals surface area contributed by atoms with Crippen molar-refractivity contribution in [1.82, 2.24) is 0 Å². The summed E-state index contributed by atoms with van der Waals surface area (Å²) in [5.74, 6) is -8.72. The van der Waals surface area contributed by atoms with Crippen molar-refractivity contribution in [2.75, 3.05) is 5.32 Å². The van der Waals surface area contributed by atoms with Crippen LogP contribution in [0.25, 0.3) is 0 Å². The predicted molar refractivity (Wildman–Crippen MR) is 70.7 cm³/mol. The van der Waals surface area contributed by atoms with E-state index in [2.05, 4.69) is 5.32 Å². The van der Waals surface area contributed by atoms with Crippen molar-refractivity contribution >= 4 is 34.8 Å². The first-order valence-electron chi connectivity index (χ1n) is 5.40. The molecule has 0 saturated carbocycles. The molecule has 0 aliphatic carbocycles. The highest BCUT2D eigenvalue weighted by Gasteiger charge is 2.23. The average Bonchev–Trinajstić information content (AvgIpc) is 2.43. The lowest BCUT2D eigenvalue weighted by atomic mass is 10.1. The smallest absolute Gasteiger partial charge is 0.258 e. The fourth-order valence-electron chi connectivity index (χ4n) is 1.52. The largest absolute Gasteiger partial charge is 0.321 e. The summed E-state index contributed by atoms with van der Waals surface area (Å²) in [6, 6.07) is 4.27. The van der Waals surface area contributed by atoms with Crippen molar-refractivity contribution in [1.29, 1.82) is 0 Å². The third kappa shape index (κ3) is 3.11. The fourth-order valence-corrected chi connectivity index (χ4v) is 1.97. The van der Waals surface area contributed by atoms with E-state index < -0.39 is 34.7 Å². The average molecular weight is 338 g/mol. The van der Waals surface area contributed by atoms with Gasteiger partial charge in [0.25, 0.3) is 5.91 Å². The Bertz CT molecular complexity index is 737. The molecule has 2 aromatic rings. The molecule has 2 aromatic carbocycles. The Labute approximate surface area is 126 Å². The van der Waals surface area contributed by atoms with Crippen LogP contribution in [0.15, 0.2) is 24.3 Å². The van der Waals surface area contributed by atoms with E-state index in [1.165, 1.54) is 18.2 Å². The Balaban J connectivity index is 2.37. The standard InChI is InChI=1S/C13H5Cl2F4NO/c14-5-1-2-9(7(15)3-5)20-13(21)6-4-8(16)11(18)12(19)10(6)17/h1-4H,(H,20,21). The first kappa shape index (κ1) is 15.6. The molecular formula is C13H5Cl2F4NO. The molecule has 8 heteroatoms. The summed E-state index contributed by atoms with van der Waals surface area (Å²) in [6.07, 6.45) is 0. The number of nitrogens with one attached hydrogen (secondary N) is 1. The van der Waals surface area contributed by atoms with E-state index in [-0.39, 0.29) is 16.8 Å². The molecule has 0 radical (unpaired) electrons. The highest BCUT2D eigenvalue weighted by atomic mass is 35.5. The van der Waals surface area contributed by atoms with Crippen LogP contribution in [-0.4, -0.2) is 5.91 Å². The van der Waals surface area contributed by atoms with Crippen LogP contribution < -0.4 is 5.32 Å². The molecule has 0 heterocycles. The number of anilines is 1. The third-order valence-electron chi connectivity index (χ3n) is 2.53. The van der Waals surface area contributed by atoms with Crippen LogP contribution in [0.1, 0.15) is 10.4 Å². The van der Waals surface area contributed by atoms with E-state index in [0.29, 0.717) is 5.02 Å². The van der Waals surface area contributed by atoms with Gasteiger partial charge in [0.15, 0.2) is 23.3 Å². The number of amides is 1. The van der Waals surface area contributed by atoms with Gasteiger partial charge in [0.1, 0.15) is 0 Å². The molecule has 0 aromatic heterocycles. The number of rotatable bonds is 2. The van der Waals surface area contributed by atoms with Gasteiger partial charge in [0.05, 0.1) is 16.3 Å². The van der Waals surface area contributed by atoms with Crippen molar-refractivity contribution in [3.8, 4) is 0 Å². The number of hydrogen-bond acceptors (Lipinski definition) is 1. The van der Waals surface area contributed by atoms with Crippen LogP contribution >= 0.6 is 23.2 Å². The Hall–Kier alpha value is -1.79. The van der Waals surface area contributed by atoms with Gasteiger partial charge in [-0.25, -0.2) is 17.6 Å². The van der Waals surface area contributed by atoms with Crippen molar-refractivity contribution in [2.24, 2.45) is 0 Å². The molecule has 1 N–H and O–H groups in total. The summed E-state index contributed by atoms with van der Waals surface area (Å²) >= 11 is 11.4. The van der Waals surface area contributed by atoms with Gasteiger partial charge in [0, 0.05) is 5.02 Å². The molecule has 0 saturated heterocycles. The zero-order valence-electron chi connectivity index (χ0n) is 9.99. The monoisotopic (exact) mass is 337 g/mol. The third-order valence-corrected chi connectivity index (χ3v) is 3.07. The highest BCUT2D eigenvalue weighted by Crippen LogP contribution is 2.26. The van der Waals surface area contributed by atoms with Gasteiger partial charge in [0.2, 0.25) is 0 Å². The zero-order chi connectivity index (χ0) is 15.7. The van der Waals surface area contributed by atoms with Gasteiger partial charge in [-0.2, -0.15) is 0 Å². The van der Waals surface area contributed by atoms with E-state index in [4.69, 9.17) is 23.2 Å². The van der Waals surface area contributed by atoms with E-state index in [1.54, 1.807) is 0 Å². The van der Waals surface area contributed by atoms with Gasteiger partial charge in [-0.05, 0) is 24.3 Å². The molecule has 0 atom stereocenters. The number of halogens is 6. The summed E-state index contributed by atoms with van der Waals surface area (Å²) in [5, 5.41) is 2.48. The summed E-state index contributed by atoms with van der Waals surface area (Å²) < 4.78 is 52.4. The van der Waals surface area contributed by atoms with Crippen molar-refractivity contribution in [3.63, 3.8) is 0 Å². The molecule has 2 nitrogen and oxygen atoms in total. The Morgan fingerprint density at radius 2 is 1.62 bits per heavy atom. The normalized spacial score (nSPS) is 10.6. The minimum Gasteiger partial charge on any atom is -0.321 e. The molecule has 2 rings (SSSR count).